The zero-order chi connectivity index (χ0) is 24.4. The number of aliphatic hydroxyl groups is 1. The van der Waals surface area contributed by atoms with Crippen LogP contribution < -0.4 is 27.4 Å². The summed E-state index contributed by atoms with van der Waals surface area (Å²) in [5, 5.41) is 25.6. The largest absolute Gasteiger partial charge is 0.480 e. The van der Waals surface area contributed by atoms with Gasteiger partial charge < -0.3 is 37.6 Å². The number of benzene rings is 1. The second-order valence-corrected chi connectivity index (χ2v) is 7.32. The minimum atomic E-state index is -1.57. The SMILES string of the molecule is CC(NC(=O)C(N)C(C)O)C(=O)NC(Cc1ccccc1)C(=O)NC(CC(N)=O)C(=O)O. The van der Waals surface area contributed by atoms with Gasteiger partial charge in [-0.2, -0.15) is 0 Å². The van der Waals surface area contributed by atoms with Gasteiger partial charge in [0.15, 0.2) is 0 Å². The second-order valence-electron chi connectivity index (χ2n) is 7.32. The first-order valence-electron chi connectivity index (χ1n) is 9.82. The Morgan fingerprint density at radius 3 is 1.97 bits per heavy atom. The fourth-order valence-corrected chi connectivity index (χ4v) is 2.62. The number of rotatable bonds is 12. The van der Waals surface area contributed by atoms with E-state index in [1.165, 1.54) is 13.8 Å². The summed E-state index contributed by atoms with van der Waals surface area (Å²) in [6.45, 7) is 2.67. The molecule has 0 radical (unpaired) electrons. The Balaban J connectivity index is 2.96. The van der Waals surface area contributed by atoms with Crippen LogP contribution in [-0.4, -0.2) is 70.1 Å². The molecule has 1 rings (SSSR count). The van der Waals surface area contributed by atoms with Crippen LogP contribution in [0.15, 0.2) is 30.3 Å². The average molecular weight is 451 g/mol. The van der Waals surface area contributed by atoms with Crippen LogP contribution in [0.1, 0.15) is 25.8 Å². The van der Waals surface area contributed by atoms with E-state index in [2.05, 4.69) is 16.0 Å². The molecule has 5 unspecified atom stereocenters. The summed E-state index contributed by atoms with van der Waals surface area (Å²) in [6, 6.07) is 3.46. The molecule has 0 aliphatic heterocycles. The lowest BCUT2D eigenvalue weighted by atomic mass is 10.0. The van der Waals surface area contributed by atoms with Gasteiger partial charge in [0.2, 0.25) is 23.6 Å². The molecule has 1 aromatic rings. The molecule has 12 nitrogen and oxygen atoms in total. The lowest BCUT2D eigenvalue weighted by molar-refractivity contribution is -0.143. The molecular formula is C20H29N5O7. The quantitative estimate of drug-likeness (QED) is 0.178. The maximum Gasteiger partial charge on any atom is 0.326 e. The molecular weight excluding hydrogens is 422 g/mol. The average Bonchev–Trinajstić information content (AvgIpc) is 2.72. The molecule has 0 heterocycles. The summed E-state index contributed by atoms with van der Waals surface area (Å²) in [6.07, 6.45) is -1.76. The van der Waals surface area contributed by atoms with Crippen LogP contribution in [0.4, 0.5) is 0 Å². The minimum Gasteiger partial charge on any atom is -0.480 e. The normalized spacial score (nSPS) is 15.4. The molecule has 0 bridgehead atoms. The molecule has 1 aromatic carbocycles. The van der Waals surface area contributed by atoms with E-state index < -0.39 is 66.3 Å². The Labute approximate surface area is 184 Å². The zero-order valence-electron chi connectivity index (χ0n) is 17.8. The number of carbonyl (C=O) groups excluding carboxylic acids is 4. The van der Waals surface area contributed by atoms with Gasteiger partial charge in [-0.1, -0.05) is 30.3 Å². The standard InChI is InChI=1S/C20H29N5O7/c1-10(23-19(30)16(22)11(2)26)17(28)24-13(8-12-6-4-3-5-7-12)18(29)25-14(20(31)32)9-15(21)27/h3-7,10-11,13-14,16,26H,8-9,22H2,1-2H3,(H2,21,27)(H,23,30)(H,24,28)(H,25,29)(H,31,32). The number of hydrogen-bond acceptors (Lipinski definition) is 7. The van der Waals surface area contributed by atoms with E-state index >= 15 is 0 Å². The van der Waals surface area contributed by atoms with Crippen LogP contribution >= 0.6 is 0 Å². The molecule has 9 N–H and O–H groups in total. The van der Waals surface area contributed by atoms with Crippen molar-refractivity contribution in [1.29, 1.82) is 0 Å². The van der Waals surface area contributed by atoms with E-state index in [1.54, 1.807) is 30.3 Å². The van der Waals surface area contributed by atoms with Crippen molar-refractivity contribution in [3.8, 4) is 0 Å². The second kappa shape index (κ2) is 12.4. The molecule has 32 heavy (non-hydrogen) atoms. The topological polar surface area (TPSA) is 214 Å². The van der Waals surface area contributed by atoms with Crippen LogP contribution in [0.25, 0.3) is 0 Å². The minimum absolute atomic E-state index is 0.00911. The summed E-state index contributed by atoms with van der Waals surface area (Å²) in [5.74, 6) is -4.75. The summed E-state index contributed by atoms with van der Waals surface area (Å²) in [5.41, 5.74) is 11.2. The van der Waals surface area contributed by atoms with Gasteiger partial charge >= 0.3 is 5.97 Å². The van der Waals surface area contributed by atoms with Crippen LogP contribution in [-0.2, 0) is 30.4 Å². The maximum absolute atomic E-state index is 12.7. The maximum atomic E-state index is 12.7. The van der Waals surface area contributed by atoms with Crippen LogP contribution in [0, 0.1) is 0 Å². The molecule has 5 atom stereocenters. The molecule has 0 saturated carbocycles. The highest BCUT2D eigenvalue weighted by Crippen LogP contribution is 2.05. The van der Waals surface area contributed by atoms with Crippen molar-refractivity contribution < 1.29 is 34.2 Å². The number of carboxylic acids is 1. The predicted octanol–water partition coefficient (Wildman–Crippen LogP) is -2.63. The molecule has 0 fully saturated rings. The van der Waals surface area contributed by atoms with Gasteiger partial charge in [-0.05, 0) is 19.4 Å². The van der Waals surface area contributed by atoms with Gasteiger partial charge in [0.1, 0.15) is 24.2 Å². The molecule has 0 spiro atoms. The van der Waals surface area contributed by atoms with Crippen molar-refractivity contribution in [1.82, 2.24) is 16.0 Å². The number of nitrogens with two attached hydrogens (primary N) is 2. The summed E-state index contributed by atoms with van der Waals surface area (Å²) < 4.78 is 0. The molecule has 0 aliphatic rings. The zero-order valence-corrected chi connectivity index (χ0v) is 17.8. The van der Waals surface area contributed by atoms with Crippen molar-refractivity contribution in [2.24, 2.45) is 11.5 Å². The molecule has 0 saturated heterocycles. The van der Waals surface area contributed by atoms with E-state index in [1.807, 2.05) is 0 Å². The summed E-state index contributed by atoms with van der Waals surface area (Å²) in [4.78, 5) is 59.7. The van der Waals surface area contributed by atoms with E-state index in [0.29, 0.717) is 5.56 Å². The van der Waals surface area contributed by atoms with Gasteiger partial charge in [0.25, 0.3) is 0 Å². The third-order valence-electron chi connectivity index (χ3n) is 4.51. The number of aliphatic carboxylic acids is 1. The summed E-state index contributed by atoms with van der Waals surface area (Å²) in [7, 11) is 0. The lowest BCUT2D eigenvalue weighted by Crippen LogP contribution is -2.58. The van der Waals surface area contributed by atoms with Gasteiger partial charge in [0.05, 0.1) is 12.5 Å². The first-order valence-corrected chi connectivity index (χ1v) is 9.82. The van der Waals surface area contributed by atoms with E-state index in [4.69, 9.17) is 11.5 Å². The van der Waals surface area contributed by atoms with Crippen molar-refractivity contribution in [2.45, 2.75) is 57.0 Å². The monoisotopic (exact) mass is 451 g/mol. The van der Waals surface area contributed by atoms with Gasteiger partial charge in [0, 0.05) is 6.42 Å². The fourth-order valence-electron chi connectivity index (χ4n) is 2.62. The Morgan fingerprint density at radius 1 is 0.906 bits per heavy atom. The number of nitrogens with one attached hydrogen (secondary N) is 3. The Bertz CT molecular complexity index is 831. The van der Waals surface area contributed by atoms with Gasteiger partial charge in [-0.25, -0.2) is 4.79 Å². The summed E-state index contributed by atoms with van der Waals surface area (Å²) >= 11 is 0. The Kier molecular flexibility index (Phi) is 10.3. The molecule has 12 heteroatoms. The number of hydrogen-bond donors (Lipinski definition) is 7. The first kappa shape index (κ1) is 26.5. The van der Waals surface area contributed by atoms with Crippen LogP contribution in [0.3, 0.4) is 0 Å². The van der Waals surface area contributed by atoms with E-state index in [9.17, 15) is 34.2 Å². The first-order chi connectivity index (χ1) is 14.9. The number of carboxylic acid groups (broad SMARTS) is 1. The molecule has 4 amide bonds. The highest BCUT2D eigenvalue weighted by atomic mass is 16.4. The smallest absolute Gasteiger partial charge is 0.326 e. The van der Waals surface area contributed by atoms with Crippen molar-refractivity contribution in [3.05, 3.63) is 35.9 Å². The van der Waals surface area contributed by atoms with Crippen LogP contribution in [0.2, 0.25) is 0 Å². The van der Waals surface area contributed by atoms with Crippen molar-refractivity contribution >= 4 is 29.6 Å². The van der Waals surface area contributed by atoms with E-state index in [-0.39, 0.29) is 6.42 Å². The molecule has 0 aromatic heterocycles. The number of aliphatic hydroxyl groups excluding tert-OH is 1. The predicted molar refractivity (Wildman–Crippen MR) is 113 cm³/mol. The lowest BCUT2D eigenvalue weighted by Gasteiger charge is -2.24. The highest BCUT2D eigenvalue weighted by molar-refractivity contribution is 5.94. The number of amides is 4. The number of carbonyl (C=O) groups is 5. The van der Waals surface area contributed by atoms with Gasteiger partial charge in [-0.3, -0.25) is 19.2 Å². The van der Waals surface area contributed by atoms with E-state index in [0.717, 1.165) is 0 Å². The third-order valence-corrected chi connectivity index (χ3v) is 4.51. The van der Waals surface area contributed by atoms with Gasteiger partial charge in [-0.15, -0.1) is 0 Å². The van der Waals surface area contributed by atoms with Crippen molar-refractivity contribution in [2.75, 3.05) is 0 Å². The number of primary amides is 1. The fraction of sp³-hybridized carbons (Fsp3) is 0.450. The third kappa shape index (κ3) is 8.70. The molecule has 176 valence electrons. The molecule has 0 aliphatic carbocycles. The van der Waals surface area contributed by atoms with Crippen molar-refractivity contribution in [3.63, 3.8) is 0 Å². The Hall–Kier alpha value is -3.51. The Morgan fingerprint density at radius 2 is 1.47 bits per heavy atom. The van der Waals surface area contributed by atoms with Crippen LogP contribution in [0.5, 0.6) is 0 Å². The highest BCUT2D eigenvalue weighted by Gasteiger charge is 2.30.